The molecule has 1 atom stereocenters. The summed E-state index contributed by atoms with van der Waals surface area (Å²) in [6, 6.07) is 7.02. The van der Waals surface area contributed by atoms with Crippen molar-refractivity contribution in [3.63, 3.8) is 0 Å². The quantitative estimate of drug-likeness (QED) is 0.934. The number of nitrogens with zero attached hydrogens (tertiary/aromatic N) is 3. The zero-order chi connectivity index (χ0) is 15.7. The molecule has 2 heterocycles. The molecule has 0 bridgehead atoms. The summed E-state index contributed by atoms with van der Waals surface area (Å²) in [6.07, 6.45) is 0. The fourth-order valence-corrected chi connectivity index (χ4v) is 3.12. The minimum atomic E-state index is -0.222. The van der Waals surface area contributed by atoms with Crippen molar-refractivity contribution < 1.29 is 4.39 Å². The molecule has 0 amide bonds. The van der Waals surface area contributed by atoms with Crippen LogP contribution in [0, 0.1) is 19.7 Å². The highest BCUT2D eigenvalue weighted by Crippen LogP contribution is 2.20. The summed E-state index contributed by atoms with van der Waals surface area (Å²) in [5.74, 6) is -0.222. The van der Waals surface area contributed by atoms with E-state index < -0.39 is 0 Å². The van der Waals surface area contributed by atoms with Crippen LogP contribution < -0.4 is 5.32 Å². The average molecular weight is 339 g/mol. The van der Waals surface area contributed by atoms with Gasteiger partial charge in [0.15, 0.2) is 0 Å². The van der Waals surface area contributed by atoms with E-state index in [9.17, 15) is 4.39 Å². The molecular formula is C17H24ClFN4. The molecule has 1 aromatic carbocycles. The third-order valence-corrected chi connectivity index (χ3v) is 4.35. The first kappa shape index (κ1) is 17.9. The lowest BCUT2D eigenvalue weighted by Crippen LogP contribution is -2.48. The van der Waals surface area contributed by atoms with Gasteiger partial charge in [0, 0.05) is 43.5 Å². The van der Waals surface area contributed by atoms with Crippen molar-refractivity contribution in [2.75, 3.05) is 19.6 Å². The van der Waals surface area contributed by atoms with Crippen LogP contribution in [0.3, 0.4) is 0 Å². The van der Waals surface area contributed by atoms with Crippen LogP contribution in [0.4, 0.5) is 4.39 Å². The van der Waals surface area contributed by atoms with Crippen molar-refractivity contribution in [3.8, 4) is 5.69 Å². The zero-order valence-corrected chi connectivity index (χ0v) is 14.7. The average Bonchev–Trinajstić information content (AvgIpc) is 2.76. The molecule has 0 aliphatic carbocycles. The molecule has 0 saturated carbocycles. The summed E-state index contributed by atoms with van der Waals surface area (Å²) < 4.78 is 15.0. The number of hydrogen-bond acceptors (Lipinski definition) is 3. The lowest BCUT2D eigenvalue weighted by atomic mass is 10.1. The highest BCUT2D eigenvalue weighted by molar-refractivity contribution is 5.85. The van der Waals surface area contributed by atoms with Crippen molar-refractivity contribution in [2.24, 2.45) is 0 Å². The van der Waals surface area contributed by atoms with Gasteiger partial charge in [-0.05, 0) is 45.0 Å². The van der Waals surface area contributed by atoms with Gasteiger partial charge in [-0.1, -0.05) is 0 Å². The summed E-state index contributed by atoms with van der Waals surface area (Å²) in [4.78, 5) is 2.47. The maximum Gasteiger partial charge on any atom is 0.123 e. The van der Waals surface area contributed by atoms with Gasteiger partial charge in [0.2, 0.25) is 0 Å². The molecule has 126 valence electrons. The topological polar surface area (TPSA) is 33.1 Å². The number of nitrogens with one attached hydrogen (secondary N) is 1. The van der Waals surface area contributed by atoms with Gasteiger partial charge in [-0.15, -0.1) is 12.4 Å². The number of halogens is 2. The first-order chi connectivity index (χ1) is 10.5. The molecular weight excluding hydrogens is 315 g/mol. The van der Waals surface area contributed by atoms with E-state index in [1.165, 1.54) is 17.7 Å². The van der Waals surface area contributed by atoms with Crippen LogP contribution in [0.15, 0.2) is 24.3 Å². The van der Waals surface area contributed by atoms with Crippen molar-refractivity contribution in [1.82, 2.24) is 20.0 Å². The third-order valence-electron chi connectivity index (χ3n) is 4.35. The van der Waals surface area contributed by atoms with Crippen LogP contribution in [0.25, 0.3) is 5.69 Å². The summed E-state index contributed by atoms with van der Waals surface area (Å²) in [6.45, 7) is 10.4. The number of benzene rings is 1. The fourth-order valence-electron chi connectivity index (χ4n) is 3.12. The van der Waals surface area contributed by atoms with E-state index in [0.29, 0.717) is 6.04 Å². The predicted molar refractivity (Wildman–Crippen MR) is 93.0 cm³/mol. The van der Waals surface area contributed by atoms with Gasteiger partial charge in [0.05, 0.1) is 11.4 Å². The van der Waals surface area contributed by atoms with Crippen molar-refractivity contribution in [2.45, 2.75) is 33.4 Å². The molecule has 3 rings (SSSR count). The second kappa shape index (κ2) is 7.43. The molecule has 6 heteroatoms. The van der Waals surface area contributed by atoms with Crippen molar-refractivity contribution >= 4 is 12.4 Å². The molecule has 2 aromatic rings. The van der Waals surface area contributed by atoms with Crippen LogP contribution in [0.1, 0.15) is 23.9 Å². The molecule has 1 aromatic heterocycles. The molecule has 1 aliphatic rings. The number of aromatic nitrogens is 2. The first-order valence-corrected chi connectivity index (χ1v) is 7.81. The Balaban J connectivity index is 0.00000192. The van der Waals surface area contributed by atoms with Crippen LogP contribution >= 0.6 is 12.4 Å². The van der Waals surface area contributed by atoms with E-state index in [0.717, 1.165) is 43.3 Å². The molecule has 4 nitrogen and oxygen atoms in total. The minimum Gasteiger partial charge on any atom is -0.312 e. The molecule has 1 fully saturated rings. The monoisotopic (exact) mass is 338 g/mol. The van der Waals surface area contributed by atoms with Gasteiger partial charge >= 0.3 is 0 Å². The van der Waals surface area contributed by atoms with E-state index in [1.54, 1.807) is 12.1 Å². The maximum absolute atomic E-state index is 13.1. The smallest absolute Gasteiger partial charge is 0.123 e. The largest absolute Gasteiger partial charge is 0.312 e. The first-order valence-electron chi connectivity index (χ1n) is 7.81. The van der Waals surface area contributed by atoms with E-state index in [4.69, 9.17) is 0 Å². The highest BCUT2D eigenvalue weighted by atomic mass is 35.5. The Morgan fingerprint density at radius 2 is 1.96 bits per heavy atom. The minimum absolute atomic E-state index is 0. The number of rotatable bonds is 3. The zero-order valence-electron chi connectivity index (χ0n) is 13.8. The molecule has 1 saturated heterocycles. The lowest BCUT2D eigenvalue weighted by Gasteiger charge is -2.31. The molecule has 1 aliphatic heterocycles. The Hall–Kier alpha value is -1.43. The molecule has 0 spiro atoms. The normalized spacial score (nSPS) is 18.7. The number of piperazine rings is 1. The van der Waals surface area contributed by atoms with Gasteiger partial charge in [-0.3, -0.25) is 4.90 Å². The molecule has 0 radical (unpaired) electrons. The summed E-state index contributed by atoms with van der Waals surface area (Å²) in [5.41, 5.74) is 4.36. The van der Waals surface area contributed by atoms with Gasteiger partial charge in [0.1, 0.15) is 5.82 Å². The van der Waals surface area contributed by atoms with Gasteiger partial charge < -0.3 is 5.32 Å². The fraction of sp³-hybridized carbons (Fsp3) is 0.471. The van der Waals surface area contributed by atoms with Crippen LogP contribution in [-0.2, 0) is 6.54 Å². The van der Waals surface area contributed by atoms with E-state index in [2.05, 4.69) is 29.2 Å². The SMILES string of the molecule is Cc1nn(-c2ccc(F)cc2)c(C)c1CN1CCN[C@@H](C)C1.Cl. The molecule has 23 heavy (non-hydrogen) atoms. The van der Waals surface area contributed by atoms with Crippen molar-refractivity contribution in [3.05, 3.63) is 47.0 Å². The third kappa shape index (κ3) is 3.91. The lowest BCUT2D eigenvalue weighted by molar-refractivity contribution is 0.199. The molecule has 0 unspecified atom stereocenters. The predicted octanol–water partition coefficient (Wildman–Crippen LogP) is 2.84. The number of aryl methyl sites for hydroxylation is 1. The Morgan fingerprint density at radius 1 is 1.26 bits per heavy atom. The second-order valence-electron chi connectivity index (χ2n) is 6.13. The van der Waals surface area contributed by atoms with E-state index in [1.807, 2.05) is 11.6 Å². The van der Waals surface area contributed by atoms with Gasteiger partial charge in [-0.25, -0.2) is 9.07 Å². The van der Waals surface area contributed by atoms with E-state index in [-0.39, 0.29) is 18.2 Å². The Morgan fingerprint density at radius 3 is 2.61 bits per heavy atom. The van der Waals surface area contributed by atoms with Crippen LogP contribution in [-0.4, -0.2) is 40.4 Å². The number of hydrogen-bond donors (Lipinski definition) is 1. The Labute approximate surface area is 143 Å². The Kier molecular flexibility index (Phi) is 5.79. The van der Waals surface area contributed by atoms with Crippen molar-refractivity contribution in [1.29, 1.82) is 0 Å². The summed E-state index contributed by atoms with van der Waals surface area (Å²) in [5, 5.41) is 8.11. The van der Waals surface area contributed by atoms with Crippen LogP contribution in [0.5, 0.6) is 0 Å². The van der Waals surface area contributed by atoms with Gasteiger partial charge in [0.25, 0.3) is 0 Å². The standard InChI is InChI=1S/C17H23FN4.ClH/c1-12-10-21(9-8-19-12)11-17-13(2)20-22(14(17)3)16-6-4-15(18)5-7-16;/h4-7,12,19H,8-11H2,1-3H3;1H/t12-;/m0./s1. The Bertz CT molecular complexity index is 653. The summed E-state index contributed by atoms with van der Waals surface area (Å²) in [7, 11) is 0. The van der Waals surface area contributed by atoms with Gasteiger partial charge in [-0.2, -0.15) is 5.10 Å². The van der Waals surface area contributed by atoms with E-state index >= 15 is 0 Å². The van der Waals surface area contributed by atoms with Crippen LogP contribution in [0.2, 0.25) is 0 Å². The maximum atomic E-state index is 13.1. The second-order valence-corrected chi connectivity index (χ2v) is 6.13. The molecule has 1 N–H and O–H groups in total. The summed E-state index contributed by atoms with van der Waals surface area (Å²) >= 11 is 0. The highest BCUT2D eigenvalue weighted by Gasteiger charge is 2.20.